The molecule has 0 spiro atoms. The number of hydrogen-bond donors (Lipinski definition) is 0. The van der Waals surface area contributed by atoms with E-state index in [2.05, 4.69) is 6.58 Å². The van der Waals surface area contributed by atoms with Crippen molar-refractivity contribution in [2.75, 3.05) is 0 Å². The molecule has 1 aliphatic carbocycles. The fourth-order valence-corrected chi connectivity index (χ4v) is 0.627. The van der Waals surface area contributed by atoms with Gasteiger partial charge in [-0.05, 0) is 18.6 Å². The Kier molecular flexibility index (Phi) is 1.05. The first-order valence-electron chi connectivity index (χ1n) is 2.59. The summed E-state index contributed by atoms with van der Waals surface area (Å²) in [6.07, 6.45) is 2.25. The SMILES string of the molecule is C=C(C)C1=CC(=O)C1. The highest BCUT2D eigenvalue weighted by molar-refractivity contribution is 6.00. The van der Waals surface area contributed by atoms with E-state index in [1.54, 1.807) is 6.08 Å². The molecule has 0 saturated carbocycles. The molecular formula is C7H8O. The number of rotatable bonds is 1. The number of carbonyl (C=O) groups excluding carboxylic acids is 1. The van der Waals surface area contributed by atoms with Crippen molar-refractivity contribution < 1.29 is 4.79 Å². The molecule has 0 radical (unpaired) electrons. The van der Waals surface area contributed by atoms with Gasteiger partial charge in [-0.15, -0.1) is 0 Å². The van der Waals surface area contributed by atoms with Gasteiger partial charge in [-0.2, -0.15) is 0 Å². The van der Waals surface area contributed by atoms with Crippen LogP contribution in [0, 0.1) is 0 Å². The largest absolute Gasteiger partial charge is 0.294 e. The van der Waals surface area contributed by atoms with Crippen LogP contribution in [0.2, 0.25) is 0 Å². The average Bonchev–Trinajstić information content (AvgIpc) is 1.57. The van der Waals surface area contributed by atoms with Gasteiger partial charge in [-0.1, -0.05) is 12.2 Å². The van der Waals surface area contributed by atoms with Crippen molar-refractivity contribution in [2.45, 2.75) is 13.3 Å². The summed E-state index contributed by atoms with van der Waals surface area (Å²) in [7, 11) is 0. The minimum Gasteiger partial charge on any atom is -0.294 e. The lowest BCUT2D eigenvalue weighted by Gasteiger charge is -2.11. The Morgan fingerprint density at radius 3 is 2.50 bits per heavy atom. The van der Waals surface area contributed by atoms with Gasteiger partial charge in [-0.3, -0.25) is 4.79 Å². The van der Waals surface area contributed by atoms with Crippen molar-refractivity contribution in [3.63, 3.8) is 0 Å². The third kappa shape index (κ3) is 0.713. The predicted octanol–water partition coefficient (Wildman–Crippen LogP) is 1.46. The summed E-state index contributed by atoms with van der Waals surface area (Å²) in [4.78, 5) is 10.3. The third-order valence-corrected chi connectivity index (χ3v) is 1.25. The molecule has 42 valence electrons. The normalized spacial score (nSPS) is 17.1. The summed E-state index contributed by atoms with van der Waals surface area (Å²) in [5.74, 6) is 0.225. The lowest BCUT2D eigenvalue weighted by Crippen LogP contribution is -2.08. The molecule has 0 aromatic rings. The Bertz CT molecular complexity index is 175. The summed E-state index contributed by atoms with van der Waals surface area (Å²) >= 11 is 0. The molecule has 1 heteroatoms. The van der Waals surface area contributed by atoms with E-state index >= 15 is 0 Å². The van der Waals surface area contributed by atoms with Crippen LogP contribution >= 0.6 is 0 Å². The van der Waals surface area contributed by atoms with Gasteiger partial charge in [0.1, 0.15) is 0 Å². The smallest absolute Gasteiger partial charge is 0.160 e. The van der Waals surface area contributed by atoms with Crippen LogP contribution in [0.5, 0.6) is 0 Å². The van der Waals surface area contributed by atoms with Gasteiger partial charge >= 0.3 is 0 Å². The molecule has 1 rings (SSSR count). The van der Waals surface area contributed by atoms with Crippen LogP contribution in [0.1, 0.15) is 13.3 Å². The lowest BCUT2D eigenvalue weighted by atomic mass is 9.92. The second-order valence-corrected chi connectivity index (χ2v) is 2.09. The molecular weight excluding hydrogens is 100 g/mol. The van der Waals surface area contributed by atoms with Gasteiger partial charge in [0, 0.05) is 6.42 Å². The highest BCUT2D eigenvalue weighted by atomic mass is 16.1. The van der Waals surface area contributed by atoms with Crippen LogP contribution in [0.15, 0.2) is 23.8 Å². The molecule has 0 atom stereocenters. The van der Waals surface area contributed by atoms with Crippen LogP contribution < -0.4 is 0 Å². The standard InChI is InChI=1S/C7H8O/c1-5(2)6-3-7(8)4-6/h3H,1,4H2,2H3. The summed E-state index contributed by atoms with van der Waals surface area (Å²) in [6, 6.07) is 0. The Hall–Kier alpha value is -0.850. The zero-order valence-electron chi connectivity index (χ0n) is 4.90. The van der Waals surface area contributed by atoms with Crippen LogP contribution in [0.25, 0.3) is 0 Å². The van der Waals surface area contributed by atoms with Gasteiger partial charge in [0.25, 0.3) is 0 Å². The van der Waals surface area contributed by atoms with E-state index in [4.69, 9.17) is 0 Å². The zero-order chi connectivity index (χ0) is 6.15. The molecule has 1 aliphatic rings. The van der Waals surface area contributed by atoms with Crippen molar-refractivity contribution in [3.05, 3.63) is 23.8 Å². The van der Waals surface area contributed by atoms with Crippen LogP contribution in [0.4, 0.5) is 0 Å². The zero-order valence-corrected chi connectivity index (χ0v) is 4.90. The lowest BCUT2D eigenvalue weighted by molar-refractivity contribution is -0.115. The van der Waals surface area contributed by atoms with E-state index < -0.39 is 0 Å². The van der Waals surface area contributed by atoms with Gasteiger partial charge < -0.3 is 0 Å². The molecule has 0 bridgehead atoms. The first-order valence-corrected chi connectivity index (χ1v) is 2.59. The first kappa shape index (κ1) is 5.29. The third-order valence-electron chi connectivity index (χ3n) is 1.25. The maximum Gasteiger partial charge on any atom is 0.160 e. The van der Waals surface area contributed by atoms with Crippen LogP contribution in [-0.2, 0) is 4.79 Å². The molecule has 0 aromatic carbocycles. The van der Waals surface area contributed by atoms with E-state index in [-0.39, 0.29) is 5.78 Å². The Morgan fingerprint density at radius 1 is 1.88 bits per heavy atom. The number of ketones is 1. The molecule has 0 saturated heterocycles. The van der Waals surface area contributed by atoms with Crippen molar-refractivity contribution in [2.24, 2.45) is 0 Å². The van der Waals surface area contributed by atoms with E-state index in [1.165, 1.54) is 0 Å². The Morgan fingerprint density at radius 2 is 2.38 bits per heavy atom. The number of allylic oxidation sites excluding steroid dienone is 3. The van der Waals surface area contributed by atoms with Crippen molar-refractivity contribution in [1.29, 1.82) is 0 Å². The summed E-state index contributed by atoms with van der Waals surface area (Å²) in [5.41, 5.74) is 2.12. The maximum absolute atomic E-state index is 10.3. The second-order valence-electron chi connectivity index (χ2n) is 2.09. The molecule has 0 heterocycles. The molecule has 0 aromatic heterocycles. The monoisotopic (exact) mass is 108 g/mol. The Balaban J connectivity index is 2.68. The predicted molar refractivity (Wildman–Crippen MR) is 32.5 cm³/mol. The van der Waals surface area contributed by atoms with E-state index in [9.17, 15) is 4.79 Å². The van der Waals surface area contributed by atoms with Crippen molar-refractivity contribution in [3.8, 4) is 0 Å². The van der Waals surface area contributed by atoms with E-state index in [1.807, 2.05) is 6.92 Å². The highest BCUT2D eigenvalue weighted by Crippen LogP contribution is 2.20. The first-order chi connectivity index (χ1) is 3.70. The fourth-order valence-electron chi connectivity index (χ4n) is 0.627. The second kappa shape index (κ2) is 1.58. The van der Waals surface area contributed by atoms with Crippen LogP contribution in [-0.4, -0.2) is 5.78 Å². The highest BCUT2D eigenvalue weighted by Gasteiger charge is 2.14. The van der Waals surface area contributed by atoms with Gasteiger partial charge in [0.15, 0.2) is 5.78 Å². The molecule has 8 heavy (non-hydrogen) atoms. The van der Waals surface area contributed by atoms with Gasteiger partial charge in [-0.25, -0.2) is 0 Å². The maximum atomic E-state index is 10.3. The van der Waals surface area contributed by atoms with Gasteiger partial charge in [0.05, 0.1) is 0 Å². The van der Waals surface area contributed by atoms with Crippen molar-refractivity contribution >= 4 is 5.78 Å². The summed E-state index contributed by atoms with van der Waals surface area (Å²) < 4.78 is 0. The minimum absolute atomic E-state index is 0.225. The molecule has 0 amide bonds. The van der Waals surface area contributed by atoms with Crippen LogP contribution in [0.3, 0.4) is 0 Å². The number of hydrogen-bond acceptors (Lipinski definition) is 1. The molecule has 0 aliphatic heterocycles. The molecule has 0 unspecified atom stereocenters. The molecule has 0 N–H and O–H groups in total. The summed E-state index contributed by atoms with van der Waals surface area (Å²) in [6.45, 7) is 5.61. The minimum atomic E-state index is 0.225. The average molecular weight is 108 g/mol. The quantitative estimate of drug-likeness (QED) is 0.497. The van der Waals surface area contributed by atoms with Crippen molar-refractivity contribution in [1.82, 2.24) is 0 Å². The number of carbonyl (C=O) groups is 1. The van der Waals surface area contributed by atoms with E-state index in [0.717, 1.165) is 11.1 Å². The fraction of sp³-hybridized carbons (Fsp3) is 0.286. The summed E-state index contributed by atoms with van der Waals surface area (Å²) in [5, 5.41) is 0. The van der Waals surface area contributed by atoms with E-state index in [0.29, 0.717) is 6.42 Å². The Labute approximate surface area is 48.7 Å². The molecule has 0 fully saturated rings. The molecule has 1 nitrogen and oxygen atoms in total. The van der Waals surface area contributed by atoms with Gasteiger partial charge in [0.2, 0.25) is 0 Å². The topological polar surface area (TPSA) is 17.1 Å².